The van der Waals surface area contributed by atoms with Gasteiger partial charge in [-0.05, 0) is 58.3 Å². The Bertz CT molecular complexity index is 338. The second-order valence-electron chi connectivity index (χ2n) is 4.85. The minimum Gasteiger partial charge on any atom is -0.323 e. The summed E-state index contributed by atoms with van der Waals surface area (Å²) in [6.45, 7) is 2.49. The first kappa shape index (κ1) is 13.1. The van der Waals surface area contributed by atoms with Gasteiger partial charge in [0.2, 0.25) is 0 Å². The summed E-state index contributed by atoms with van der Waals surface area (Å²) in [6, 6.07) is 0. The van der Waals surface area contributed by atoms with Crippen molar-refractivity contribution in [2.45, 2.75) is 58.3 Å². The zero-order valence-corrected chi connectivity index (χ0v) is 11.7. The molecule has 0 atom stereocenters. The first-order valence-corrected chi connectivity index (χ1v) is 8.53. The SMILES string of the molecule is CCOP(=O)(C1=CCCCC1)C1=CCCCC1. The number of allylic oxidation sites excluding steroid dienone is 4. The molecule has 2 aliphatic carbocycles. The number of hydrogen-bond donors (Lipinski definition) is 0. The maximum absolute atomic E-state index is 13.2. The molecule has 2 aliphatic rings. The third-order valence-corrected chi connectivity index (χ3v) is 6.55. The van der Waals surface area contributed by atoms with E-state index in [2.05, 4.69) is 12.2 Å². The van der Waals surface area contributed by atoms with Gasteiger partial charge in [0.05, 0.1) is 6.61 Å². The van der Waals surface area contributed by atoms with Crippen LogP contribution >= 0.6 is 7.37 Å². The van der Waals surface area contributed by atoms with E-state index in [-0.39, 0.29) is 0 Å². The lowest BCUT2D eigenvalue weighted by atomic mass is 10.1. The van der Waals surface area contributed by atoms with Crippen molar-refractivity contribution in [3.63, 3.8) is 0 Å². The van der Waals surface area contributed by atoms with E-state index in [1.807, 2.05) is 6.92 Å². The summed E-state index contributed by atoms with van der Waals surface area (Å²) >= 11 is 0. The van der Waals surface area contributed by atoms with Crippen LogP contribution in [0, 0.1) is 0 Å². The van der Waals surface area contributed by atoms with Crippen LogP contribution in [0.25, 0.3) is 0 Å². The summed E-state index contributed by atoms with van der Waals surface area (Å²) in [5.74, 6) is 0. The van der Waals surface area contributed by atoms with Crippen LogP contribution in [0.15, 0.2) is 22.8 Å². The monoisotopic (exact) mass is 254 g/mol. The molecule has 0 spiro atoms. The summed E-state index contributed by atoms with van der Waals surface area (Å²) < 4.78 is 18.9. The largest absolute Gasteiger partial charge is 0.323 e. The average Bonchev–Trinajstić information content (AvgIpc) is 2.41. The molecule has 0 unspecified atom stereocenters. The van der Waals surface area contributed by atoms with Gasteiger partial charge < -0.3 is 4.52 Å². The van der Waals surface area contributed by atoms with Gasteiger partial charge in [-0.25, -0.2) is 0 Å². The topological polar surface area (TPSA) is 26.3 Å². The molecule has 0 saturated heterocycles. The van der Waals surface area contributed by atoms with E-state index in [4.69, 9.17) is 4.52 Å². The van der Waals surface area contributed by atoms with E-state index in [9.17, 15) is 4.57 Å². The van der Waals surface area contributed by atoms with Gasteiger partial charge in [0, 0.05) is 10.6 Å². The fraction of sp³-hybridized carbons (Fsp3) is 0.714. The van der Waals surface area contributed by atoms with Crippen molar-refractivity contribution < 1.29 is 9.09 Å². The van der Waals surface area contributed by atoms with Crippen LogP contribution in [0.3, 0.4) is 0 Å². The second kappa shape index (κ2) is 6.02. The van der Waals surface area contributed by atoms with Crippen molar-refractivity contribution in [2.24, 2.45) is 0 Å². The molecule has 0 heterocycles. The predicted octanol–water partition coefficient (Wildman–Crippen LogP) is 5.22. The molecule has 2 nitrogen and oxygen atoms in total. The normalized spacial score (nSPS) is 21.9. The van der Waals surface area contributed by atoms with Gasteiger partial charge in [-0.3, -0.25) is 4.57 Å². The number of hydrogen-bond acceptors (Lipinski definition) is 2. The van der Waals surface area contributed by atoms with Crippen LogP contribution in [0.2, 0.25) is 0 Å². The lowest BCUT2D eigenvalue weighted by molar-refractivity contribution is 0.339. The predicted molar refractivity (Wildman–Crippen MR) is 72.3 cm³/mol. The van der Waals surface area contributed by atoms with E-state index < -0.39 is 7.37 Å². The maximum atomic E-state index is 13.2. The molecule has 96 valence electrons. The highest BCUT2D eigenvalue weighted by Crippen LogP contribution is 2.65. The summed E-state index contributed by atoms with van der Waals surface area (Å²) in [6.07, 6.45) is 13.2. The van der Waals surface area contributed by atoms with Crippen LogP contribution < -0.4 is 0 Å². The van der Waals surface area contributed by atoms with Gasteiger partial charge in [-0.15, -0.1) is 0 Å². The molecule has 0 fully saturated rings. The van der Waals surface area contributed by atoms with E-state index >= 15 is 0 Å². The Morgan fingerprint density at radius 2 is 1.59 bits per heavy atom. The molecule has 3 heteroatoms. The van der Waals surface area contributed by atoms with Crippen LogP contribution in [-0.4, -0.2) is 6.61 Å². The number of rotatable bonds is 4. The molecule has 0 aromatic heterocycles. The molecule has 17 heavy (non-hydrogen) atoms. The molecule has 0 N–H and O–H groups in total. The minimum atomic E-state index is -2.65. The second-order valence-corrected chi connectivity index (χ2v) is 7.36. The van der Waals surface area contributed by atoms with E-state index in [1.54, 1.807) is 0 Å². The van der Waals surface area contributed by atoms with Crippen molar-refractivity contribution in [1.82, 2.24) is 0 Å². The van der Waals surface area contributed by atoms with Crippen molar-refractivity contribution in [1.29, 1.82) is 0 Å². The fourth-order valence-electron chi connectivity index (χ4n) is 2.71. The Hall–Kier alpha value is -0.330. The van der Waals surface area contributed by atoms with Crippen LogP contribution in [0.5, 0.6) is 0 Å². The highest BCUT2D eigenvalue weighted by atomic mass is 31.2. The first-order valence-electron chi connectivity index (χ1n) is 6.91. The molecular formula is C14H23O2P. The van der Waals surface area contributed by atoms with E-state index in [0.717, 1.165) is 49.2 Å². The molecule has 0 radical (unpaired) electrons. The Balaban J connectivity index is 2.27. The van der Waals surface area contributed by atoms with Crippen LogP contribution in [0.4, 0.5) is 0 Å². The lowest BCUT2D eigenvalue weighted by Gasteiger charge is -2.27. The van der Waals surface area contributed by atoms with Gasteiger partial charge in [0.25, 0.3) is 7.37 Å². The van der Waals surface area contributed by atoms with E-state index in [1.165, 1.54) is 12.8 Å². The van der Waals surface area contributed by atoms with Crippen molar-refractivity contribution in [3.05, 3.63) is 22.8 Å². The van der Waals surface area contributed by atoms with Gasteiger partial charge in [0.15, 0.2) is 0 Å². The molecule has 0 bridgehead atoms. The molecule has 0 aromatic carbocycles. The zero-order valence-electron chi connectivity index (χ0n) is 10.8. The highest BCUT2D eigenvalue weighted by molar-refractivity contribution is 7.67. The van der Waals surface area contributed by atoms with E-state index in [0.29, 0.717) is 6.61 Å². The Morgan fingerprint density at radius 3 is 1.94 bits per heavy atom. The van der Waals surface area contributed by atoms with Crippen molar-refractivity contribution in [3.8, 4) is 0 Å². The zero-order chi connectivity index (χ0) is 12.1. The summed E-state index contributed by atoms with van der Waals surface area (Å²) in [5.41, 5.74) is 0. The maximum Gasteiger partial charge on any atom is 0.252 e. The summed E-state index contributed by atoms with van der Waals surface area (Å²) in [4.78, 5) is 0. The van der Waals surface area contributed by atoms with Crippen molar-refractivity contribution >= 4 is 7.37 Å². The van der Waals surface area contributed by atoms with Crippen LogP contribution in [-0.2, 0) is 9.09 Å². The first-order chi connectivity index (χ1) is 8.27. The molecule has 0 aromatic rings. The standard InChI is InChI=1S/C14H23O2P/c1-2-16-17(15,13-9-5-3-6-10-13)14-11-7-4-8-12-14/h9,11H,2-8,10,12H2,1H3. The molecule has 2 rings (SSSR count). The minimum absolute atomic E-state index is 0.548. The fourth-order valence-corrected chi connectivity index (χ4v) is 5.42. The quantitative estimate of drug-likeness (QED) is 0.643. The van der Waals surface area contributed by atoms with Crippen LogP contribution in [0.1, 0.15) is 58.3 Å². The molecule has 0 aliphatic heterocycles. The third kappa shape index (κ3) is 2.92. The summed E-state index contributed by atoms with van der Waals surface area (Å²) in [7, 11) is -2.65. The Kier molecular flexibility index (Phi) is 4.64. The van der Waals surface area contributed by atoms with Crippen molar-refractivity contribution in [2.75, 3.05) is 6.61 Å². The highest BCUT2D eigenvalue weighted by Gasteiger charge is 2.33. The lowest BCUT2D eigenvalue weighted by Crippen LogP contribution is -2.03. The molecular weight excluding hydrogens is 231 g/mol. The summed E-state index contributed by atoms with van der Waals surface area (Å²) in [5, 5.41) is 2.19. The Morgan fingerprint density at radius 1 is 1.06 bits per heavy atom. The average molecular weight is 254 g/mol. The van der Waals surface area contributed by atoms with Gasteiger partial charge >= 0.3 is 0 Å². The van der Waals surface area contributed by atoms with Gasteiger partial charge in [-0.2, -0.15) is 0 Å². The Labute approximate surface area is 105 Å². The third-order valence-electron chi connectivity index (χ3n) is 3.60. The van der Waals surface area contributed by atoms with Gasteiger partial charge in [0.1, 0.15) is 0 Å². The molecule has 0 saturated carbocycles. The smallest absolute Gasteiger partial charge is 0.252 e. The molecule has 0 amide bonds. The van der Waals surface area contributed by atoms with Gasteiger partial charge in [-0.1, -0.05) is 12.2 Å².